The summed E-state index contributed by atoms with van der Waals surface area (Å²) in [6.45, 7) is 0. The molecule has 0 unspecified atom stereocenters. The minimum atomic E-state index is -0.323. The molecule has 19 heavy (non-hydrogen) atoms. The van der Waals surface area contributed by atoms with E-state index < -0.39 is 0 Å². The Morgan fingerprint density at radius 1 is 1.32 bits per heavy atom. The quantitative estimate of drug-likeness (QED) is 0.915. The lowest BCUT2D eigenvalue weighted by atomic mass is 10.2. The average molecular weight is 344 g/mol. The van der Waals surface area contributed by atoms with Gasteiger partial charge in [-0.15, -0.1) is 0 Å². The van der Waals surface area contributed by atoms with Gasteiger partial charge in [-0.3, -0.25) is 4.79 Å². The standard InChI is InChI=1S/C13H12BrClN2O2/c1-17(2)10-4-3-8(15)7-9(10)16-13(18)11-5-6-12(14)19-11/h3-7H,1-2H3,(H,16,18). The molecule has 0 radical (unpaired) electrons. The highest BCUT2D eigenvalue weighted by molar-refractivity contribution is 9.10. The Kier molecular flexibility index (Phi) is 4.17. The number of amides is 1. The maximum atomic E-state index is 12.0. The summed E-state index contributed by atoms with van der Waals surface area (Å²) in [6, 6.07) is 8.58. The van der Waals surface area contributed by atoms with Crippen LogP contribution in [0.25, 0.3) is 0 Å². The summed E-state index contributed by atoms with van der Waals surface area (Å²) in [4.78, 5) is 13.9. The van der Waals surface area contributed by atoms with Crippen LogP contribution in [-0.2, 0) is 0 Å². The van der Waals surface area contributed by atoms with Gasteiger partial charge >= 0.3 is 0 Å². The van der Waals surface area contributed by atoms with Crippen LogP contribution in [0.5, 0.6) is 0 Å². The summed E-state index contributed by atoms with van der Waals surface area (Å²) in [5, 5.41) is 3.34. The summed E-state index contributed by atoms with van der Waals surface area (Å²) < 4.78 is 5.72. The van der Waals surface area contributed by atoms with Crippen molar-refractivity contribution in [1.82, 2.24) is 0 Å². The normalized spacial score (nSPS) is 10.3. The van der Waals surface area contributed by atoms with Gasteiger partial charge in [0.25, 0.3) is 5.91 Å². The predicted molar refractivity (Wildman–Crippen MR) is 80.1 cm³/mol. The smallest absolute Gasteiger partial charge is 0.291 e. The molecular formula is C13H12BrClN2O2. The first-order chi connectivity index (χ1) is 8.97. The van der Waals surface area contributed by atoms with Gasteiger partial charge in [-0.1, -0.05) is 11.6 Å². The van der Waals surface area contributed by atoms with Crippen LogP contribution < -0.4 is 10.2 Å². The zero-order valence-corrected chi connectivity index (χ0v) is 12.7. The maximum Gasteiger partial charge on any atom is 0.291 e. The van der Waals surface area contributed by atoms with E-state index in [0.29, 0.717) is 15.4 Å². The lowest BCUT2D eigenvalue weighted by Gasteiger charge is -2.17. The number of benzene rings is 1. The molecule has 2 rings (SSSR count). The van der Waals surface area contributed by atoms with Crippen molar-refractivity contribution in [2.75, 3.05) is 24.3 Å². The summed E-state index contributed by atoms with van der Waals surface area (Å²) in [5.41, 5.74) is 1.50. The first kappa shape index (κ1) is 14.0. The molecule has 0 atom stereocenters. The van der Waals surface area contributed by atoms with Crippen LogP contribution in [0.15, 0.2) is 39.4 Å². The minimum Gasteiger partial charge on any atom is -0.444 e. The molecule has 1 aromatic carbocycles. The Bertz CT molecular complexity index is 610. The minimum absolute atomic E-state index is 0.233. The number of rotatable bonds is 3. The van der Waals surface area contributed by atoms with Crippen LogP contribution in [0.2, 0.25) is 5.02 Å². The second-order valence-electron chi connectivity index (χ2n) is 4.11. The number of furan rings is 1. The first-order valence-electron chi connectivity index (χ1n) is 5.51. The topological polar surface area (TPSA) is 45.5 Å². The third-order valence-electron chi connectivity index (χ3n) is 2.49. The molecule has 0 spiro atoms. The van der Waals surface area contributed by atoms with Crippen LogP contribution >= 0.6 is 27.5 Å². The SMILES string of the molecule is CN(C)c1ccc(Cl)cc1NC(=O)c1ccc(Br)o1. The molecule has 6 heteroatoms. The van der Waals surface area contributed by atoms with E-state index in [0.717, 1.165) is 5.69 Å². The molecular weight excluding hydrogens is 332 g/mol. The molecule has 1 N–H and O–H groups in total. The van der Waals surface area contributed by atoms with Crippen molar-refractivity contribution in [2.24, 2.45) is 0 Å². The van der Waals surface area contributed by atoms with Gasteiger partial charge < -0.3 is 14.6 Å². The molecule has 0 fully saturated rings. The molecule has 0 aliphatic heterocycles. The van der Waals surface area contributed by atoms with Gasteiger partial charge in [0.05, 0.1) is 11.4 Å². The number of carbonyl (C=O) groups excluding carboxylic acids is 1. The van der Waals surface area contributed by atoms with Crippen molar-refractivity contribution >= 4 is 44.8 Å². The highest BCUT2D eigenvalue weighted by Crippen LogP contribution is 2.28. The third kappa shape index (κ3) is 3.30. The van der Waals surface area contributed by atoms with E-state index in [4.69, 9.17) is 16.0 Å². The maximum absolute atomic E-state index is 12.0. The molecule has 0 saturated carbocycles. The van der Waals surface area contributed by atoms with Crippen LogP contribution in [0.4, 0.5) is 11.4 Å². The van der Waals surface area contributed by atoms with Gasteiger partial charge in [-0.05, 0) is 46.3 Å². The molecule has 0 bridgehead atoms. The molecule has 1 aromatic heterocycles. The van der Waals surface area contributed by atoms with Crippen LogP contribution in [0, 0.1) is 0 Å². The Labute approximate surface area is 124 Å². The van der Waals surface area contributed by atoms with E-state index in [9.17, 15) is 4.79 Å². The summed E-state index contributed by atoms with van der Waals surface area (Å²) in [6.07, 6.45) is 0. The predicted octanol–water partition coefficient (Wildman–Crippen LogP) is 4.01. The Morgan fingerprint density at radius 3 is 2.63 bits per heavy atom. The molecule has 1 amide bonds. The summed E-state index contributed by atoms with van der Waals surface area (Å²) in [5.74, 6) is -0.0902. The number of hydrogen-bond acceptors (Lipinski definition) is 3. The van der Waals surface area contributed by atoms with Gasteiger partial charge in [-0.25, -0.2) is 0 Å². The molecule has 2 aromatic rings. The number of nitrogens with zero attached hydrogens (tertiary/aromatic N) is 1. The lowest BCUT2D eigenvalue weighted by molar-refractivity contribution is 0.0995. The Balaban J connectivity index is 2.27. The van der Waals surface area contributed by atoms with Gasteiger partial charge in [0.1, 0.15) is 0 Å². The highest BCUT2D eigenvalue weighted by Gasteiger charge is 2.14. The van der Waals surface area contributed by atoms with Gasteiger partial charge in [-0.2, -0.15) is 0 Å². The van der Waals surface area contributed by atoms with E-state index in [2.05, 4.69) is 21.2 Å². The number of anilines is 2. The van der Waals surface area contributed by atoms with Gasteiger partial charge in [0.15, 0.2) is 10.4 Å². The average Bonchev–Trinajstić information content (AvgIpc) is 2.75. The zero-order valence-electron chi connectivity index (χ0n) is 10.4. The highest BCUT2D eigenvalue weighted by atomic mass is 79.9. The second-order valence-corrected chi connectivity index (χ2v) is 5.33. The Morgan fingerprint density at radius 2 is 2.05 bits per heavy atom. The molecule has 4 nitrogen and oxygen atoms in total. The van der Waals surface area contributed by atoms with Crippen LogP contribution in [0.1, 0.15) is 10.6 Å². The summed E-state index contributed by atoms with van der Waals surface area (Å²) in [7, 11) is 3.78. The molecule has 0 aliphatic carbocycles. The lowest BCUT2D eigenvalue weighted by Crippen LogP contribution is -2.16. The van der Waals surface area contributed by atoms with Crippen molar-refractivity contribution in [3.05, 3.63) is 45.8 Å². The largest absolute Gasteiger partial charge is 0.444 e. The number of hydrogen-bond donors (Lipinski definition) is 1. The number of nitrogens with one attached hydrogen (secondary N) is 1. The van der Waals surface area contributed by atoms with Gasteiger partial charge in [0, 0.05) is 19.1 Å². The van der Waals surface area contributed by atoms with Crippen molar-refractivity contribution in [2.45, 2.75) is 0 Å². The van der Waals surface area contributed by atoms with E-state index in [-0.39, 0.29) is 11.7 Å². The van der Waals surface area contributed by atoms with Crippen molar-refractivity contribution < 1.29 is 9.21 Å². The second kappa shape index (κ2) is 5.67. The molecule has 0 saturated heterocycles. The summed E-state index contributed by atoms with van der Waals surface area (Å²) >= 11 is 9.11. The van der Waals surface area contributed by atoms with Crippen molar-refractivity contribution in [3.63, 3.8) is 0 Å². The molecule has 1 heterocycles. The van der Waals surface area contributed by atoms with E-state index in [1.807, 2.05) is 25.1 Å². The van der Waals surface area contributed by atoms with E-state index >= 15 is 0 Å². The van der Waals surface area contributed by atoms with Crippen LogP contribution in [0.3, 0.4) is 0 Å². The number of halogens is 2. The van der Waals surface area contributed by atoms with Crippen molar-refractivity contribution in [3.8, 4) is 0 Å². The zero-order chi connectivity index (χ0) is 14.0. The van der Waals surface area contributed by atoms with Gasteiger partial charge in [0.2, 0.25) is 0 Å². The van der Waals surface area contributed by atoms with E-state index in [1.54, 1.807) is 24.3 Å². The fraction of sp³-hybridized carbons (Fsp3) is 0.154. The third-order valence-corrected chi connectivity index (χ3v) is 3.15. The fourth-order valence-electron chi connectivity index (χ4n) is 1.62. The first-order valence-corrected chi connectivity index (χ1v) is 6.68. The Hall–Kier alpha value is -1.46. The monoisotopic (exact) mass is 342 g/mol. The van der Waals surface area contributed by atoms with E-state index in [1.165, 1.54) is 0 Å². The molecule has 100 valence electrons. The van der Waals surface area contributed by atoms with Crippen LogP contribution in [-0.4, -0.2) is 20.0 Å². The fourth-order valence-corrected chi connectivity index (χ4v) is 2.10. The molecule has 0 aliphatic rings. The number of carbonyl (C=O) groups is 1. The van der Waals surface area contributed by atoms with Crippen molar-refractivity contribution in [1.29, 1.82) is 0 Å².